The monoisotopic (exact) mass is 146 g/mol. The van der Waals surface area contributed by atoms with E-state index in [0.717, 1.165) is 0 Å². The second-order valence-electron chi connectivity index (χ2n) is 0.964. The maximum absolute atomic E-state index is 9.43. The normalized spacial score (nSPS) is 6.22. The SMILES string of the molecule is O.O=C(O)CC(=O)O.[H-].[Na+]. The minimum Gasteiger partial charge on any atom is -1.00 e. The third kappa shape index (κ3) is 18.1. The van der Waals surface area contributed by atoms with Gasteiger partial charge in [-0.05, 0) is 0 Å². The molecule has 0 radical (unpaired) electrons. The Balaban J connectivity index is -0.0000000600. The Bertz CT molecular complexity index is 93.1. The fourth-order valence-corrected chi connectivity index (χ4v) is 0.129. The van der Waals surface area contributed by atoms with E-state index in [1.54, 1.807) is 0 Å². The van der Waals surface area contributed by atoms with Crippen LogP contribution in [0.4, 0.5) is 0 Å². The van der Waals surface area contributed by atoms with Crippen LogP contribution in [0.2, 0.25) is 0 Å². The second-order valence-corrected chi connectivity index (χ2v) is 0.964. The molecule has 5 nitrogen and oxygen atoms in total. The third-order valence-electron chi connectivity index (χ3n) is 0.302. The molecule has 0 aliphatic carbocycles. The van der Waals surface area contributed by atoms with Crippen molar-refractivity contribution >= 4 is 11.9 Å². The van der Waals surface area contributed by atoms with E-state index in [2.05, 4.69) is 0 Å². The molecular formula is C3H7NaO5. The van der Waals surface area contributed by atoms with Gasteiger partial charge in [0.15, 0.2) is 0 Å². The van der Waals surface area contributed by atoms with Crippen molar-refractivity contribution in [1.82, 2.24) is 0 Å². The molecule has 0 rings (SSSR count). The van der Waals surface area contributed by atoms with Crippen LogP contribution in [-0.4, -0.2) is 27.6 Å². The van der Waals surface area contributed by atoms with Crippen LogP contribution < -0.4 is 29.6 Å². The van der Waals surface area contributed by atoms with E-state index in [4.69, 9.17) is 10.2 Å². The molecule has 0 aliphatic rings. The van der Waals surface area contributed by atoms with E-state index in [9.17, 15) is 9.59 Å². The number of carboxylic acids is 2. The van der Waals surface area contributed by atoms with Gasteiger partial charge in [-0.1, -0.05) is 0 Å². The maximum Gasteiger partial charge on any atom is 1.00 e. The van der Waals surface area contributed by atoms with Gasteiger partial charge < -0.3 is 17.1 Å². The average molecular weight is 146 g/mol. The molecular weight excluding hydrogens is 139 g/mol. The topological polar surface area (TPSA) is 106 Å². The van der Waals surface area contributed by atoms with Crippen LogP contribution in [0.1, 0.15) is 7.85 Å². The minimum atomic E-state index is -1.31. The molecule has 4 N–H and O–H groups in total. The quantitative estimate of drug-likeness (QED) is 0.304. The van der Waals surface area contributed by atoms with Gasteiger partial charge in [-0.25, -0.2) is 0 Å². The Hall–Kier alpha value is -0.100. The van der Waals surface area contributed by atoms with Gasteiger partial charge in [0.2, 0.25) is 0 Å². The molecule has 0 saturated heterocycles. The van der Waals surface area contributed by atoms with Crippen molar-refractivity contribution in [3.8, 4) is 0 Å². The maximum atomic E-state index is 9.43. The van der Waals surface area contributed by atoms with Crippen molar-refractivity contribution < 1.29 is 56.3 Å². The van der Waals surface area contributed by atoms with E-state index < -0.39 is 18.4 Å². The molecule has 0 unspecified atom stereocenters. The summed E-state index contributed by atoms with van der Waals surface area (Å²) in [6.07, 6.45) is -0.806. The molecule has 6 heteroatoms. The van der Waals surface area contributed by atoms with Crippen LogP contribution in [0.5, 0.6) is 0 Å². The molecule has 0 aliphatic heterocycles. The molecule has 0 bridgehead atoms. The predicted molar refractivity (Wildman–Crippen MR) is 24.6 cm³/mol. The van der Waals surface area contributed by atoms with Gasteiger partial charge in [-0.2, -0.15) is 0 Å². The van der Waals surface area contributed by atoms with Gasteiger partial charge >= 0.3 is 41.5 Å². The summed E-state index contributed by atoms with van der Waals surface area (Å²) < 4.78 is 0. The van der Waals surface area contributed by atoms with Crippen LogP contribution >= 0.6 is 0 Å². The van der Waals surface area contributed by atoms with E-state index in [-0.39, 0.29) is 36.5 Å². The summed E-state index contributed by atoms with van der Waals surface area (Å²) in [5, 5.41) is 15.4. The van der Waals surface area contributed by atoms with Crippen LogP contribution in [-0.2, 0) is 9.59 Å². The van der Waals surface area contributed by atoms with Gasteiger partial charge in [0, 0.05) is 0 Å². The summed E-state index contributed by atoms with van der Waals surface area (Å²) in [6.45, 7) is 0. The van der Waals surface area contributed by atoms with Gasteiger partial charge in [0.05, 0.1) is 0 Å². The zero-order valence-electron chi connectivity index (χ0n) is 5.92. The zero-order valence-corrected chi connectivity index (χ0v) is 6.92. The molecule has 0 atom stereocenters. The number of rotatable bonds is 2. The van der Waals surface area contributed by atoms with Crippen LogP contribution in [0.25, 0.3) is 0 Å². The second kappa shape index (κ2) is 7.90. The first-order chi connectivity index (χ1) is 3.13. The molecule has 0 aromatic carbocycles. The standard InChI is InChI=1S/C3H4O4.Na.H2O.H/c4-2(5)1-3(6)7;;;/h1H2,(H,4,5)(H,6,7);;1H2;/q;+1;;-1. The molecule has 0 saturated carbocycles. The van der Waals surface area contributed by atoms with E-state index >= 15 is 0 Å². The largest absolute Gasteiger partial charge is 1.00 e. The molecule has 0 aromatic heterocycles. The van der Waals surface area contributed by atoms with Crippen molar-refractivity contribution in [3.05, 3.63) is 0 Å². The van der Waals surface area contributed by atoms with Crippen LogP contribution in [0.15, 0.2) is 0 Å². The van der Waals surface area contributed by atoms with Gasteiger partial charge in [-0.15, -0.1) is 0 Å². The molecule has 0 heterocycles. The molecule has 0 spiro atoms. The summed E-state index contributed by atoms with van der Waals surface area (Å²) in [4.78, 5) is 18.9. The first-order valence-corrected chi connectivity index (χ1v) is 1.56. The Labute approximate surface area is 74.8 Å². The Morgan fingerprint density at radius 2 is 1.44 bits per heavy atom. The van der Waals surface area contributed by atoms with Gasteiger partial charge in [0.25, 0.3) is 0 Å². The average Bonchev–Trinajstić information content (AvgIpc) is 1.27. The zero-order chi connectivity index (χ0) is 5.86. The molecule has 9 heavy (non-hydrogen) atoms. The predicted octanol–water partition coefficient (Wildman–Crippen LogP) is -4.16. The number of carbonyl (C=O) groups is 2. The van der Waals surface area contributed by atoms with Gasteiger partial charge in [0.1, 0.15) is 6.42 Å². The number of hydrogen-bond donors (Lipinski definition) is 2. The summed E-state index contributed by atoms with van der Waals surface area (Å²) in [6, 6.07) is 0. The van der Waals surface area contributed by atoms with E-state index in [1.807, 2.05) is 0 Å². The van der Waals surface area contributed by atoms with Crippen LogP contribution in [0.3, 0.4) is 0 Å². The first kappa shape index (κ1) is 16.0. The van der Waals surface area contributed by atoms with Crippen LogP contribution in [0, 0.1) is 0 Å². The molecule has 0 amide bonds. The van der Waals surface area contributed by atoms with Crippen molar-refractivity contribution in [2.45, 2.75) is 6.42 Å². The molecule has 0 aromatic rings. The van der Waals surface area contributed by atoms with Crippen molar-refractivity contribution in [3.63, 3.8) is 0 Å². The Morgan fingerprint density at radius 3 is 1.44 bits per heavy atom. The minimum absolute atomic E-state index is 0. The van der Waals surface area contributed by atoms with E-state index in [1.165, 1.54) is 0 Å². The van der Waals surface area contributed by atoms with E-state index in [0.29, 0.717) is 0 Å². The Kier molecular flexibility index (Phi) is 14.0. The number of carboxylic acid groups (broad SMARTS) is 2. The van der Waals surface area contributed by atoms with Crippen molar-refractivity contribution in [2.24, 2.45) is 0 Å². The summed E-state index contributed by atoms with van der Waals surface area (Å²) in [5.74, 6) is -2.62. The smallest absolute Gasteiger partial charge is 1.00 e. The Morgan fingerprint density at radius 1 is 1.22 bits per heavy atom. The van der Waals surface area contributed by atoms with Crippen molar-refractivity contribution in [2.75, 3.05) is 0 Å². The molecule has 0 fully saturated rings. The fraction of sp³-hybridized carbons (Fsp3) is 0.333. The number of aliphatic carboxylic acids is 2. The summed E-state index contributed by atoms with van der Waals surface area (Å²) in [5.41, 5.74) is 0. The summed E-state index contributed by atoms with van der Waals surface area (Å²) in [7, 11) is 0. The third-order valence-corrected chi connectivity index (χ3v) is 0.302. The fourth-order valence-electron chi connectivity index (χ4n) is 0.129. The first-order valence-electron chi connectivity index (χ1n) is 1.56. The van der Waals surface area contributed by atoms with Crippen molar-refractivity contribution in [1.29, 1.82) is 0 Å². The number of hydrogen-bond acceptors (Lipinski definition) is 2. The summed E-state index contributed by atoms with van der Waals surface area (Å²) >= 11 is 0. The van der Waals surface area contributed by atoms with Gasteiger partial charge in [-0.3, -0.25) is 9.59 Å². The molecule has 50 valence electrons.